The first-order chi connectivity index (χ1) is 10.3. The SMILES string of the molecule is Clc1ccc(C2Cc3ccccc3-c3ccccc32)cc1. The molecule has 0 spiro atoms. The molecule has 3 aromatic carbocycles. The minimum absolute atomic E-state index is 0.411. The first-order valence-corrected chi connectivity index (χ1v) is 7.63. The van der Waals surface area contributed by atoms with Gasteiger partial charge in [-0.05, 0) is 46.4 Å². The Balaban J connectivity index is 1.90. The van der Waals surface area contributed by atoms with Crippen molar-refractivity contribution in [2.45, 2.75) is 12.3 Å². The van der Waals surface area contributed by atoms with Crippen molar-refractivity contribution in [3.8, 4) is 11.1 Å². The van der Waals surface area contributed by atoms with E-state index in [9.17, 15) is 0 Å². The molecule has 1 aliphatic rings. The molecule has 0 saturated carbocycles. The molecule has 1 heteroatoms. The summed E-state index contributed by atoms with van der Waals surface area (Å²) >= 11 is 6.03. The van der Waals surface area contributed by atoms with Gasteiger partial charge in [0.05, 0.1) is 0 Å². The van der Waals surface area contributed by atoms with E-state index in [1.807, 2.05) is 12.1 Å². The van der Waals surface area contributed by atoms with Gasteiger partial charge < -0.3 is 0 Å². The molecule has 0 radical (unpaired) electrons. The van der Waals surface area contributed by atoms with Crippen LogP contribution in [0.5, 0.6) is 0 Å². The second-order valence-electron chi connectivity index (χ2n) is 5.55. The maximum Gasteiger partial charge on any atom is 0.0406 e. The summed E-state index contributed by atoms with van der Waals surface area (Å²) in [5, 5.41) is 0.795. The van der Waals surface area contributed by atoms with Crippen LogP contribution in [0.25, 0.3) is 11.1 Å². The van der Waals surface area contributed by atoms with Gasteiger partial charge >= 0.3 is 0 Å². The fourth-order valence-corrected chi connectivity index (χ4v) is 3.46. The molecule has 1 aliphatic carbocycles. The number of benzene rings is 3. The zero-order valence-corrected chi connectivity index (χ0v) is 12.3. The van der Waals surface area contributed by atoms with E-state index < -0.39 is 0 Å². The molecule has 1 unspecified atom stereocenters. The highest BCUT2D eigenvalue weighted by molar-refractivity contribution is 6.30. The molecule has 3 aromatic rings. The first kappa shape index (κ1) is 12.7. The molecule has 21 heavy (non-hydrogen) atoms. The van der Waals surface area contributed by atoms with Crippen LogP contribution in [0.15, 0.2) is 72.8 Å². The van der Waals surface area contributed by atoms with E-state index in [4.69, 9.17) is 11.6 Å². The fourth-order valence-electron chi connectivity index (χ4n) is 3.33. The summed E-state index contributed by atoms with van der Waals surface area (Å²) < 4.78 is 0. The highest BCUT2D eigenvalue weighted by Crippen LogP contribution is 2.42. The van der Waals surface area contributed by atoms with E-state index in [0.29, 0.717) is 5.92 Å². The smallest absolute Gasteiger partial charge is 0.0406 e. The summed E-state index contributed by atoms with van der Waals surface area (Å²) in [5.41, 5.74) is 6.91. The van der Waals surface area contributed by atoms with Crippen LogP contribution in [0.4, 0.5) is 0 Å². The molecule has 0 nitrogen and oxygen atoms in total. The van der Waals surface area contributed by atoms with Gasteiger partial charge in [0.25, 0.3) is 0 Å². The molecular weight excluding hydrogens is 276 g/mol. The first-order valence-electron chi connectivity index (χ1n) is 7.25. The van der Waals surface area contributed by atoms with Gasteiger partial charge in [0.2, 0.25) is 0 Å². The Kier molecular flexibility index (Phi) is 3.05. The van der Waals surface area contributed by atoms with Crippen molar-refractivity contribution in [2.24, 2.45) is 0 Å². The lowest BCUT2D eigenvalue weighted by atomic mass is 9.76. The third kappa shape index (κ3) is 2.16. The van der Waals surface area contributed by atoms with Gasteiger partial charge in [-0.1, -0.05) is 72.3 Å². The lowest BCUT2D eigenvalue weighted by Crippen LogP contribution is -2.12. The molecule has 1 atom stereocenters. The quantitative estimate of drug-likeness (QED) is 0.540. The maximum absolute atomic E-state index is 6.03. The average Bonchev–Trinajstić information content (AvgIpc) is 2.55. The molecule has 0 amide bonds. The van der Waals surface area contributed by atoms with E-state index in [2.05, 4.69) is 60.7 Å². The summed E-state index contributed by atoms with van der Waals surface area (Å²) in [5.74, 6) is 0.411. The highest BCUT2D eigenvalue weighted by Gasteiger charge is 2.25. The Morgan fingerprint density at radius 1 is 0.714 bits per heavy atom. The van der Waals surface area contributed by atoms with Crippen molar-refractivity contribution in [1.82, 2.24) is 0 Å². The Morgan fingerprint density at radius 2 is 1.38 bits per heavy atom. The van der Waals surface area contributed by atoms with Gasteiger partial charge in [0.1, 0.15) is 0 Å². The highest BCUT2D eigenvalue weighted by atomic mass is 35.5. The van der Waals surface area contributed by atoms with Crippen LogP contribution in [-0.2, 0) is 6.42 Å². The van der Waals surface area contributed by atoms with Crippen LogP contribution in [0, 0.1) is 0 Å². The van der Waals surface area contributed by atoms with Gasteiger partial charge in [0, 0.05) is 10.9 Å². The van der Waals surface area contributed by atoms with E-state index in [1.165, 1.54) is 27.8 Å². The monoisotopic (exact) mass is 290 g/mol. The zero-order valence-electron chi connectivity index (χ0n) is 11.6. The van der Waals surface area contributed by atoms with E-state index in [1.54, 1.807) is 0 Å². The average molecular weight is 291 g/mol. The molecule has 0 bridgehead atoms. The summed E-state index contributed by atoms with van der Waals surface area (Å²) in [4.78, 5) is 0. The topological polar surface area (TPSA) is 0 Å². The Hall–Kier alpha value is -2.05. The van der Waals surface area contributed by atoms with Gasteiger partial charge in [-0.15, -0.1) is 0 Å². The third-order valence-electron chi connectivity index (χ3n) is 4.34. The molecule has 0 saturated heterocycles. The lowest BCUT2D eigenvalue weighted by Gasteiger charge is -2.28. The van der Waals surface area contributed by atoms with Crippen molar-refractivity contribution in [1.29, 1.82) is 0 Å². The van der Waals surface area contributed by atoms with Crippen LogP contribution in [0.3, 0.4) is 0 Å². The van der Waals surface area contributed by atoms with Crippen LogP contribution >= 0.6 is 11.6 Å². The summed E-state index contributed by atoms with van der Waals surface area (Å²) in [6.45, 7) is 0. The summed E-state index contributed by atoms with van der Waals surface area (Å²) in [7, 11) is 0. The Labute approximate surface area is 130 Å². The van der Waals surface area contributed by atoms with Gasteiger partial charge in [-0.3, -0.25) is 0 Å². The number of halogens is 1. The molecule has 4 rings (SSSR count). The number of fused-ring (bicyclic) bond motifs is 3. The predicted octanol–water partition coefficient (Wildman–Crippen LogP) is 5.70. The second-order valence-corrected chi connectivity index (χ2v) is 5.99. The van der Waals surface area contributed by atoms with Crippen LogP contribution in [0.2, 0.25) is 5.02 Å². The largest absolute Gasteiger partial charge is 0.0843 e. The maximum atomic E-state index is 6.03. The van der Waals surface area contributed by atoms with Gasteiger partial charge in [-0.25, -0.2) is 0 Å². The van der Waals surface area contributed by atoms with Crippen molar-refractivity contribution < 1.29 is 0 Å². The molecule has 0 N–H and O–H groups in total. The van der Waals surface area contributed by atoms with E-state index >= 15 is 0 Å². The molecule has 0 aromatic heterocycles. The van der Waals surface area contributed by atoms with Crippen LogP contribution in [0.1, 0.15) is 22.6 Å². The summed E-state index contributed by atoms with van der Waals surface area (Å²) in [6.07, 6.45) is 1.05. The van der Waals surface area contributed by atoms with Gasteiger partial charge in [0.15, 0.2) is 0 Å². The fraction of sp³-hybridized carbons (Fsp3) is 0.100. The number of hydrogen-bond acceptors (Lipinski definition) is 0. The minimum Gasteiger partial charge on any atom is -0.0843 e. The van der Waals surface area contributed by atoms with E-state index in [0.717, 1.165) is 11.4 Å². The van der Waals surface area contributed by atoms with Crippen molar-refractivity contribution in [3.05, 3.63) is 94.5 Å². The molecule has 102 valence electrons. The number of hydrogen-bond donors (Lipinski definition) is 0. The van der Waals surface area contributed by atoms with Gasteiger partial charge in [-0.2, -0.15) is 0 Å². The normalized spacial score (nSPS) is 16.1. The number of rotatable bonds is 1. The Morgan fingerprint density at radius 3 is 2.19 bits per heavy atom. The van der Waals surface area contributed by atoms with E-state index in [-0.39, 0.29) is 0 Å². The Bertz CT molecular complexity index is 787. The van der Waals surface area contributed by atoms with Crippen LogP contribution < -0.4 is 0 Å². The van der Waals surface area contributed by atoms with Crippen LogP contribution in [-0.4, -0.2) is 0 Å². The second kappa shape index (κ2) is 5.05. The molecule has 0 aliphatic heterocycles. The van der Waals surface area contributed by atoms with Crippen molar-refractivity contribution in [2.75, 3.05) is 0 Å². The standard InChI is InChI=1S/C20H15Cl/c21-16-11-9-14(10-12-16)20-13-15-5-1-2-6-17(15)18-7-3-4-8-19(18)20/h1-12,20H,13H2. The van der Waals surface area contributed by atoms with Crippen molar-refractivity contribution >= 4 is 11.6 Å². The zero-order chi connectivity index (χ0) is 14.2. The predicted molar refractivity (Wildman–Crippen MR) is 88.9 cm³/mol. The summed E-state index contributed by atoms with van der Waals surface area (Å²) in [6, 6.07) is 25.7. The molecule has 0 fully saturated rings. The molecule has 0 heterocycles. The minimum atomic E-state index is 0.411. The third-order valence-corrected chi connectivity index (χ3v) is 4.59. The molecular formula is C20H15Cl. The van der Waals surface area contributed by atoms with Crippen molar-refractivity contribution in [3.63, 3.8) is 0 Å². The lowest BCUT2D eigenvalue weighted by molar-refractivity contribution is 0.794.